The summed E-state index contributed by atoms with van der Waals surface area (Å²) in [6.45, 7) is 1.46. The predicted octanol–water partition coefficient (Wildman–Crippen LogP) is 2.93. The van der Waals surface area contributed by atoms with Crippen molar-refractivity contribution < 1.29 is 14.4 Å². The van der Waals surface area contributed by atoms with Gasteiger partial charge >= 0.3 is 0 Å². The second-order valence-corrected chi connectivity index (χ2v) is 7.58. The summed E-state index contributed by atoms with van der Waals surface area (Å²) in [5, 5.41) is 9.81. The van der Waals surface area contributed by atoms with Gasteiger partial charge in [0.1, 0.15) is 6.04 Å². The minimum Gasteiger partial charge on any atom is -0.353 e. The molecular formula is C23H17N3O3. The molecule has 2 amide bonds. The molecule has 2 aromatic rings. The van der Waals surface area contributed by atoms with E-state index in [1.165, 1.54) is 11.8 Å². The van der Waals surface area contributed by atoms with Crippen LogP contribution in [0.15, 0.2) is 54.7 Å². The highest BCUT2D eigenvalue weighted by molar-refractivity contribution is 6.23. The van der Waals surface area contributed by atoms with Gasteiger partial charge < -0.3 is 4.90 Å². The van der Waals surface area contributed by atoms with E-state index in [-0.39, 0.29) is 23.6 Å². The normalized spacial score (nSPS) is 26.8. The van der Waals surface area contributed by atoms with Crippen LogP contribution in [-0.2, 0) is 9.59 Å². The van der Waals surface area contributed by atoms with Crippen molar-refractivity contribution in [2.24, 2.45) is 11.8 Å². The van der Waals surface area contributed by atoms with Crippen molar-refractivity contribution in [3.63, 3.8) is 0 Å². The molecule has 3 aliphatic heterocycles. The van der Waals surface area contributed by atoms with E-state index in [0.717, 1.165) is 11.1 Å². The maximum Gasteiger partial charge on any atom is 0.240 e. The van der Waals surface area contributed by atoms with Crippen molar-refractivity contribution in [1.29, 1.82) is 5.26 Å². The van der Waals surface area contributed by atoms with Crippen LogP contribution >= 0.6 is 0 Å². The number of hydrogen-bond acceptors (Lipinski definition) is 5. The van der Waals surface area contributed by atoms with Crippen molar-refractivity contribution in [1.82, 2.24) is 4.90 Å². The third kappa shape index (κ3) is 2.31. The van der Waals surface area contributed by atoms with Crippen LogP contribution in [0.2, 0.25) is 0 Å². The molecule has 0 aliphatic carbocycles. The Kier molecular flexibility index (Phi) is 3.68. The lowest BCUT2D eigenvalue weighted by Crippen LogP contribution is -2.40. The highest BCUT2D eigenvalue weighted by atomic mass is 16.2. The molecule has 0 spiro atoms. The Morgan fingerprint density at radius 2 is 1.69 bits per heavy atom. The summed E-state index contributed by atoms with van der Waals surface area (Å²) in [6.07, 6.45) is 3.75. The number of hydrogen-bond donors (Lipinski definition) is 0. The molecule has 142 valence electrons. The summed E-state index contributed by atoms with van der Waals surface area (Å²) in [7, 11) is 0. The number of benzene rings is 2. The lowest BCUT2D eigenvalue weighted by atomic mass is 9.85. The van der Waals surface area contributed by atoms with Gasteiger partial charge in [0.2, 0.25) is 11.8 Å². The number of amides is 2. The molecule has 29 heavy (non-hydrogen) atoms. The number of Topliss-reactive ketones (excluding diaryl/α,β-unsaturated/α-hetero) is 1. The fraction of sp³-hybridized carbons (Fsp3) is 0.217. The van der Waals surface area contributed by atoms with E-state index >= 15 is 0 Å². The van der Waals surface area contributed by atoms with Gasteiger partial charge in [-0.3, -0.25) is 14.4 Å². The summed E-state index contributed by atoms with van der Waals surface area (Å²) in [5.74, 6) is -2.08. The molecule has 0 radical (unpaired) electrons. The first-order chi connectivity index (χ1) is 14.0. The first-order valence-electron chi connectivity index (χ1n) is 9.46. The zero-order valence-corrected chi connectivity index (χ0v) is 15.6. The molecule has 3 heterocycles. The zero-order chi connectivity index (χ0) is 20.3. The zero-order valence-electron chi connectivity index (χ0n) is 15.6. The third-order valence-electron chi connectivity index (χ3n) is 6.13. The molecule has 2 fully saturated rings. The van der Waals surface area contributed by atoms with Crippen LogP contribution in [0.25, 0.3) is 6.08 Å². The van der Waals surface area contributed by atoms with Gasteiger partial charge in [0.05, 0.1) is 29.6 Å². The monoisotopic (exact) mass is 383 g/mol. The number of carbonyl (C=O) groups excluding carboxylic acids is 3. The first-order valence-corrected chi connectivity index (χ1v) is 9.46. The molecule has 2 aromatic carbocycles. The van der Waals surface area contributed by atoms with E-state index in [9.17, 15) is 19.6 Å². The maximum absolute atomic E-state index is 13.4. The van der Waals surface area contributed by atoms with Gasteiger partial charge in [0.25, 0.3) is 0 Å². The molecule has 0 bridgehead atoms. The Morgan fingerprint density at radius 1 is 1.00 bits per heavy atom. The smallest absolute Gasteiger partial charge is 0.240 e. The summed E-state index contributed by atoms with van der Waals surface area (Å²) in [4.78, 5) is 41.3. The number of fused-ring (bicyclic) bond motifs is 5. The van der Waals surface area contributed by atoms with Gasteiger partial charge in [-0.1, -0.05) is 24.3 Å². The fourth-order valence-electron chi connectivity index (χ4n) is 4.81. The molecule has 0 N–H and O–H groups in total. The molecular weight excluding hydrogens is 366 g/mol. The standard InChI is InChI=1S/C23H17N3O3/c1-13(27)14-6-8-16(9-7-14)26-22(28)19-18(12-24)25-11-10-15-4-2-3-5-17(15)21(25)20(19)23(26)29/h2-11,18-21H,1H3/t18-,19-,20-,21-/m0/s1. The molecule has 0 unspecified atom stereocenters. The largest absolute Gasteiger partial charge is 0.353 e. The third-order valence-corrected chi connectivity index (χ3v) is 6.13. The molecule has 4 atom stereocenters. The van der Waals surface area contributed by atoms with Gasteiger partial charge in [-0.25, -0.2) is 4.90 Å². The molecule has 0 saturated carbocycles. The Balaban J connectivity index is 1.59. The van der Waals surface area contributed by atoms with Gasteiger partial charge in [0.15, 0.2) is 5.78 Å². The van der Waals surface area contributed by atoms with Gasteiger partial charge in [-0.15, -0.1) is 0 Å². The van der Waals surface area contributed by atoms with Crippen LogP contribution in [0, 0.1) is 23.2 Å². The SMILES string of the molecule is CC(=O)c1ccc(N2C(=O)[C@@H]3[C@H](C2=O)[C@@H]2c4ccccc4C=CN2[C@H]3C#N)cc1. The van der Waals surface area contributed by atoms with Crippen molar-refractivity contribution in [3.05, 3.63) is 71.4 Å². The summed E-state index contributed by atoms with van der Waals surface area (Å²) in [6, 6.07) is 15.4. The lowest BCUT2D eigenvalue weighted by Gasteiger charge is -2.33. The number of imide groups is 1. The van der Waals surface area contributed by atoms with E-state index in [4.69, 9.17) is 0 Å². The first kappa shape index (κ1) is 17.4. The number of rotatable bonds is 2. The predicted molar refractivity (Wildman–Crippen MR) is 105 cm³/mol. The van der Waals surface area contributed by atoms with Crippen molar-refractivity contribution in [3.8, 4) is 6.07 Å². The van der Waals surface area contributed by atoms with Crippen LogP contribution in [0.3, 0.4) is 0 Å². The Bertz CT molecular complexity index is 1130. The van der Waals surface area contributed by atoms with E-state index in [1.54, 1.807) is 24.3 Å². The van der Waals surface area contributed by atoms with Crippen molar-refractivity contribution in [2.45, 2.75) is 19.0 Å². The fourth-order valence-corrected chi connectivity index (χ4v) is 4.81. The molecule has 6 heteroatoms. The average Bonchev–Trinajstić information content (AvgIpc) is 3.20. The highest BCUT2D eigenvalue weighted by Crippen LogP contribution is 2.52. The van der Waals surface area contributed by atoms with E-state index in [0.29, 0.717) is 11.3 Å². The second-order valence-electron chi connectivity index (χ2n) is 7.58. The van der Waals surface area contributed by atoms with E-state index in [2.05, 4.69) is 6.07 Å². The van der Waals surface area contributed by atoms with Crippen LogP contribution in [0.4, 0.5) is 5.69 Å². The number of nitriles is 1. The molecule has 5 rings (SSSR count). The van der Waals surface area contributed by atoms with Crippen LogP contribution in [-0.4, -0.2) is 28.5 Å². The Labute approximate surface area is 167 Å². The number of nitrogens with zero attached hydrogens (tertiary/aromatic N) is 3. The van der Waals surface area contributed by atoms with Gasteiger partial charge in [-0.05, 0) is 48.4 Å². The second kappa shape index (κ2) is 6.14. The quantitative estimate of drug-likeness (QED) is 0.588. The molecule has 3 aliphatic rings. The Morgan fingerprint density at radius 3 is 2.38 bits per heavy atom. The minimum atomic E-state index is -0.721. The molecule has 0 aromatic heterocycles. The van der Waals surface area contributed by atoms with Crippen LogP contribution in [0.5, 0.6) is 0 Å². The van der Waals surface area contributed by atoms with E-state index in [1.807, 2.05) is 41.4 Å². The van der Waals surface area contributed by atoms with Crippen molar-refractivity contribution in [2.75, 3.05) is 4.90 Å². The van der Waals surface area contributed by atoms with E-state index < -0.39 is 17.9 Å². The van der Waals surface area contributed by atoms with Gasteiger partial charge in [0, 0.05) is 11.8 Å². The number of ketones is 1. The molecule has 6 nitrogen and oxygen atoms in total. The van der Waals surface area contributed by atoms with Crippen molar-refractivity contribution >= 4 is 29.4 Å². The highest BCUT2D eigenvalue weighted by Gasteiger charge is 2.63. The average molecular weight is 383 g/mol. The van der Waals surface area contributed by atoms with Crippen LogP contribution in [0.1, 0.15) is 34.5 Å². The number of anilines is 1. The van der Waals surface area contributed by atoms with Crippen LogP contribution < -0.4 is 4.90 Å². The number of carbonyl (C=O) groups is 3. The minimum absolute atomic E-state index is 0.0849. The summed E-state index contributed by atoms with van der Waals surface area (Å²) in [5.41, 5.74) is 2.90. The summed E-state index contributed by atoms with van der Waals surface area (Å²) >= 11 is 0. The summed E-state index contributed by atoms with van der Waals surface area (Å²) < 4.78 is 0. The topological polar surface area (TPSA) is 81.5 Å². The van der Waals surface area contributed by atoms with Gasteiger partial charge in [-0.2, -0.15) is 5.26 Å². The lowest BCUT2D eigenvalue weighted by molar-refractivity contribution is -0.123. The molecule has 2 saturated heterocycles. The Hall–Kier alpha value is -3.72. The maximum atomic E-state index is 13.4.